The summed E-state index contributed by atoms with van der Waals surface area (Å²) in [7, 11) is 0. The van der Waals surface area contributed by atoms with Crippen LogP contribution in [0.5, 0.6) is 0 Å². The number of carbonyl (C=O) groups is 2. The fourth-order valence-electron chi connectivity index (χ4n) is 4.95. The zero-order chi connectivity index (χ0) is 24.2. The van der Waals surface area contributed by atoms with Gasteiger partial charge in [0.25, 0.3) is 11.8 Å². The fourth-order valence-corrected chi connectivity index (χ4v) is 4.95. The molecule has 0 spiro atoms. The van der Waals surface area contributed by atoms with Crippen LogP contribution in [-0.2, 0) is 0 Å². The summed E-state index contributed by atoms with van der Waals surface area (Å²) < 4.78 is 0. The molecule has 8 heteroatoms. The van der Waals surface area contributed by atoms with E-state index >= 15 is 0 Å². The molecule has 3 N–H and O–H groups in total. The first kappa shape index (κ1) is 23.0. The third-order valence-corrected chi connectivity index (χ3v) is 6.76. The summed E-state index contributed by atoms with van der Waals surface area (Å²) in [6, 6.07) is 16.7. The maximum Gasteiger partial charge on any atom is 0.278 e. The van der Waals surface area contributed by atoms with E-state index in [0.29, 0.717) is 22.5 Å². The molecule has 2 aliphatic heterocycles. The Morgan fingerprint density at radius 1 is 1.00 bits per heavy atom. The van der Waals surface area contributed by atoms with Gasteiger partial charge in [-0.05, 0) is 63.0 Å². The van der Waals surface area contributed by atoms with Gasteiger partial charge in [-0.15, -0.1) is 0 Å². The molecule has 1 atom stereocenters. The largest absolute Gasteiger partial charge is 0.382 e. The number of nitrogens with zero attached hydrogens (tertiary/aromatic N) is 4. The quantitative estimate of drug-likeness (QED) is 0.570. The van der Waals surface area contributed by atoms with Gasteiger partial charge in [-0.25, -0.2) is 9.97 Å². The van der Waals surface area contributed by atoms with E-state index in [9.17, 15) is 9.59 Å². The van der Waals surface area contributed by atoms with Gasteiger partial charge in [-0.2, -0.15) is 0 Å². The van der Waals surface area contributed by atoms with E-state index < -0.39 is 5.91 Å². The van der Waals surface area contributed by atoms with Crippen LogP contribution < -0.4 is 11.1 Å². The van der Waals surface area contributed by atoms with Gasteiger partial charge in [0, 0.05) is 35.9 Å². The number of amides is 2. The molecule has 35 heavy (non-hydrogen) atoms. The lowest BCUT2D eigenvalue weighted by Crippen LogP contribution is -2.42. The van der Waals surface area contributed by atoms with Crippen molar-refractivity contribution in [1.82, 2.24) is 19.8 Å². The van der Waals surface area contributed by atoms with Crippen LogP contribution in [0.25, 0.3) is 11.3 Å². The van der Waals surface area contributed by atoms with Crippen molar-refractivity contribution in [2.45, 2.75) is 31.7 Å². The van der Waals surface area contributed by atoms with Gasteiger partial charge in [-0.1, -0.05) is 30.3 Å². The molecule has 2 aliphatic rings. The Bertz CT molecular complexity index is 1210. The Morgan fingerprint density at radius 3 is 2.60 bits per heavy atom. The number of benzene rings is 2. The number of nitrogens with one attached hydrogen (secondary N) is 1. The second-order valence-corrected chi connectivity index (χ2v) is 9.19. The third-order valence-electron chi connectivity index (χ3n) is 6.76. The van der Waals surface area contributed by atoms with Crippen LogP contribution in [0.3, 0.4) is 0 Å². The monoisotopic (exact) mass is 470 g/mol. The normalized spacial score (nSPS) is 18.1. The van der Waals surface area contributed by atoms with Crippen molar-refractivity contribution in [2.24, 2.45) is 0 Å². The number of nitrogens with two attached hydrogens (primary N) is 1. The lowest BCUT2D eigenvalue weighted by Gasteiger charge is -2.28. The standard InChI is InChI=1S/C27H30N6O2/c28-25-24(26(34)30-21-10-2-1-3-11-21)31-23(17-29-25)19-8-6-9-20(16-19)27(35)33-15-7-12-22(33)18-32-13-4-5-14-32/h1-3,6,8-11,16-17,22H,4-5,7,12-15,18H2,(H2,28,29)(H,30,34). The summed E-state index contributed by atoms with van der Waals surface area (Å²) in [6.45, 7) is 4.00. The van der Waals surface area contributed by atoms with Crippen LogP contribution in [-0.4, -0.2) is 63.8 Å². The van der Waals surface area contributed by atoms with E-state index in [2.05, 4.69) is 20.2 Å². The summed E-state index contributed by atoms with van der Waals surface area (Å²) in [5.74, 6) is -0.340. The highest BCUT2D eigenvalue weighted by molar-refractivity contribution is 6.06. The first-order valence-corrected chi connectivity index (χ1v) is 12.2. The number of para-hydroxylation sites is 1. The van der Waals surface area contributed by atoms with E-state index in [4.69, 9.17) is 5.73 Å². The highest BCUT2D eigenvalue weighted by Crippen LogP contribution is 2.25. The first-order valence-electron chi connectivity index (χ1n) is 12.2. The van der Waals surface area contributed by atoms with Crippen LogP contribution in [0.15, 0.2) is 60.8 Å². The van der Waals surface area contributed by atoms with Crippen LogP contribution >= 0.6 is 0 Å². The van der Waals surface area contributed by atoms with Crippen molar-refractivity contribution >= 4 is 23.3 Å². The van der Waals surface area contributed by atoms with Crippen molar-refractivity contribution in [2.75, 3.05) is 37.2 Å². The predicted octanol–water partition coefficient (Wildman–Crippen LogP) is 3.68. The van der Waals surface area contributed by atoms with E-state index in [1.807, 2.05) is 47.4 Å². The zero-order valence-corrected chi connectivity index (χ0v) is 19.7. The molecule has 180 valence electrons. The molecule has 3 aromatic rings. The number of aromatic nitrogens is 2. The minimum Gasteiger partial charge on any atom is -0.382 e. The van der Waals surface area contributed by atoms with Crippen molar-refractivity contribution in [3.63, 3.8) is 0 Å². The molecule has 0 bridgehead atoms. The number of likely N-dealkylation sites (tertiary alicyclic amines) is 2. The number of hydrogen-bond acceptors (Lipinski definition) is 6. The van der Waals surface area contributed by atoms with Gasteiger partial charge in [0.2, 0.25) is 0 Å². The molecule has 5 rings (SSSR count). The number of nitrogen functional groups attached to an aromatic ring is 1. The molecule has 8 nitrogen and oxygen atoms in total. The number of rotatable bonds is 6. The molecular formula is C27H30N6O2. The second kappa shape index (κ2) is 10.2. The van der Waals surface area contributed by atoms with E-state index in [-0.39, 0.29) is 23.5 Å². The molecule has 2 amide bonds. The fraction of sp³-hybridized carbons (Fsp3) is 0.333. The van der Waals surface area contributed by atoms with Gasteiger partial charge >= 0.3 is 0 Å². The van der Waals surface area contributed by atoms with E-state index in [1.54, 1.807) is 12.1 Å². The average Bonchev–Trinajstić information content (AvgIpc) is 3.57. The molecule has 0 saturated carbocycles. The van der Waals surface area contributed by atoms with E-state index in [1.165, 1.54) is 19.0 Å². The summed E-state index contributed by atoms with van der Waals surface area (Å²) in [6.07, 6.45) is 6.11. The third kappa shape index (κ3) is 5.17. The van der Waals surface area contributed by atoms with Crippen molar-refractivity contribution in [3.05, 3.63) is 72.1 Å². The van der Waals surface area contributed by atoms with E-state index in [0.717, 1.165) is 39.0 Å². The Hall–Kier alpha value is -3.78. The van der Waals surface area contributed by atoms with Crippen molar-refractivity contribution in [1.29, 1.82) is 0 Å². The second-order valence-electron chi connectivity index (χ2n) is 9.19. The lowest BCUT2D eigenvalue weighted by atomic mass is 10.1. The highest BCUT2D eigenvalue weighted by atomic mass is 16.2. The Kier molecular flexibility index (Phi) is 6.72. The topological polar surface area (TPSA) is 104 Å². The maximum atomic E-state index is 13.4. The zero-order valence-electron chi connectivity index (χ0n) is 19.7. The van der Waals surface area contributed by atoms with Crippen LogP contribution in [0, 0.1) is 0 Å². The van der Waals surface area contributed by atoms with Crippen LogP contribution in [0.1, 0.15) is 46.5 Å². The molecule has 1 aromatic heterocycles. The van der Waals surface area contributed by atoms with Crippen LogP contribution in [0.4, 0.5) is 11.5 Å². The average molecular weight is 471 g/mol. The molecule has 2 saturated heterocycles. The first-order chi connectivity index (χ1) is 17.1. The summed E-state index contributed by atoms with van der Waals surface area (Å²) in [5, 5.41) is 2.79. The van der Waals surface area contributed by atoms with Gasteiger partial charge in [0.1, 0.15) is 0 Å². The minimum atomic E-state index is -0.433. The minimum absolute atomic E-state index is 0.0407. The Balaban J connectivity index is 1.35. The number of anilines is 2. The molecule has 2 aromatic carbocycles. The molecule has 3 heterocycles. The summed E-state index contributed by atoms with van der Waals surface area (Å²) in [4.78, 5) is 39.4. The molecule has 0 radical (unpaired) electrons. The summed E-state index contributed by atoms with van der Waals surface area (Å²) >= 11 is 0. The Labute approximate surface area is 205 Å². The number of carbonyl (C=O) groups excluding carboxylic acids is 2. The van der Waals surface area contributed by atoms with Crippen molar-refractivity contribution in [3.8, 4) is 11.3 Å². The number of hydrogen-bond donors (Lipinski definition) is 2. The SMILES string of the molecule is Nc1ncc(-c2cccc(C(=O)N3CCCC3CN3CCCC3)c2)nc1C(=O)Nc1ccccc1. The lowest BCUT2D eigenvalue weighted by molar-refractivity contribution is 0.0708. The van der Waals surface area contributed by atoms with Gasteiger partial charge in [0.05, 0.1) is 11.9 Å². The highest BCUT2D eigenvalue weighted by Gasteiger charge is 2.31. The van der Waals surface area contributed by atoms with Gasteiger partial charge in [-0.3, -0.25) is 9.59 Å². The van der Waals surface area contributed by atoms with Gasteiger partial charge in [0.15, 0.2) is 11.5 Å². The molecule has 0 aliphatic carbocycles. The summed E-state index contributed by atoms with van der Waals surface area (Å²) in [5.41, 5.74) is 8.48. The maximum absolute atomic E-state index is 13.4. The smallest absolute Gasteiger partial charge is 0.278 e. The molecular weight excluding hydrogens is 440 g/mol. The van der Waals surface area contributed by atoms with Gasteiger partial charge < -0.3 is 20.9 Å². The molecule has 1 unspecified atom stereocenters. The predicted molar refractivity (Wildman–Crippen MR) is 136 cm³/mol. The van der Waals surface area contributed by atoms with Crippen LogP contribution in [0.2, 0.25) is 0 Å². The molecule has 2 fully saturated rings. The Morgan fingerprint density at radius 2 is 1.80 bits per heavy atom. The van der Waals surface area contributed by atoms with Crippen molar-refractivity contribution < 1.29 is 9.59 Å².